The molecule has 0 bridgehead atoms. The van der Waals surface area contributed by atoms with Gasteiger partial charge in [0.1, 0.15) is 18.7 Å². The molecule has 3 rings (SSSR count). The molecule has 1 fully saturated rings. The quantitative estimate of drug-likeness (QED) is 0.780. The maximum absolute atomic E-state index is 12.4. The molecule has 0 aliphatic carbocycles. The molecule has 0 saturated carbocycles. The Labute approximate surface area is 114 Å². The third kappa shape index (κ3) is 1.95. The number of nitrogens with one attached hydrogen (secondary N) is 1. The van der Waals surface area contributed by atoms with Crippen LogP contribution in [0.3, 0.4) is 0 Å². The van der Waals surface area contributed by atoms with Crippen molar-refractivity contribution < 1.29 is 18.8 Å². The lowest BCUT2D eigenvalue weighted by Gasteiger charge is -2.24. The number of hydrogen-bond acceptors (Lipinski definition) is 4. The fraction of sp³-hybridized carbons (Fsp3) is 0.214. The molecule has 0 unspecified atom stereocenters. The summed E-state index contributed by atoms with van der Waals surface area (Å²) >= 11 is 0. The highest BCUT2D eigenvalue weighted by Crippen LogP contribution is 2.26. The van der Waals surface area contributed by atoms with Crippen LogP contribution in [-0.4, -0.2) is 35.7 Å². The van der Waals surface area contributed by atoms with Gasteiger partial charge in [-0.25, -0.2) is 0 Å². The third-order valence-corrected chi connectivity index (χ3v) is 3.27. The standard InChI is InChI=1S/C14H12N2O4/c1-8-9-4-2-3-5-10(9)20-13(8)14(19)16-6-11(17)15-12(18)7-16/h2-5H,6-7H2,1H3,(H,15,17,18). The molecule has 2 aromatic rings. The van der Waals surface area contributed by atoms with Crippen molar-refractivity contribution in [2.24, 2.45) is 0 Å². The Bertz CT molecular complexity index is 716. The maximum Gasteiger partial charge on any atom is 0.290 e. The first kappa shape index (κ1) is 12.4. The molecule has 0 radical (unpaired) electrons. The Morgan fingerprint density at radius 3 is 2.50 bits per heavy atom. The minimum atomic E-state index is -0.483. The molecule has 1 N–H and O–H groups in total. The fourth-order valence-electron chi connectivity index (χ4n) is 2.30. The molecule has 1 saturated heterocycles. The van der Waals surface area contributed by atoms with E-state index in [0.717, 1.165) is 5.39 Å². The predicted molar refractivity (Wildman–Crippen MR) is 70.0 cm³/mol. The van der Waals surface area contributed by atoms with Crippen LogP contribution in [0.1, 0.15) is 16.1 Å². The van der Waals surface area contributed by atoms with E-state index >= 15 is 0 Å². The number of para-hydroxylation sites is 1. The zero-order chi connectivity index (χ0) is 14.3. The summed E-state index contributed by atoms with van der Waals surface area (Å²) in [5.41, 5.74) is 1.32. The van der Waals surface area contributed by atoms with Gasteiger partial charge in [0.15, 0.2) is 5.76 Å². The van der Waals surface area contributed by atoms with Gasteiger partial charge in [-0.2, -0.15) is 0 Å². The van der Waals surface area contributed by atoms with E-state index in [1.807, 2.05) is 18.2 Å². The van der Waals surface area contributed by atoms with E-state index in [9.17, 15) is 14.4 Å². The second kappa shape index (κ2) is 4.48. The van der Waals surface area contributed by atoms with Crippen LogP contribution in [0, 0.1) is 6.92 Å². The lowest BCUT2D eigenvalue weighted by atomic mass is 10.1. The molecule has 102 valence electrons. The highest BCUT2D eigenvalue weighted by Gasteiger charge is 2.30. The molecule has 1 aromatic heterocycles. The molecule has 2 heterocycles. The molecular weight excluding hydrogens is 260 g/mol. The number of hydrogen-bond donors (Lipinski definition) is 1. The summed E-state index contributed by atoms with van der Waals surface area (Å²) in [6, 6.07) is 7.31. The van der Waals surface area contributed by atoms with Gasteiger partial charge in [0.2, 0.25) is 11.8 Å². The number of nitrogens with zero attached hydrogens (tertiary/aromatic N) is 1. The molecule has 3 amide bonds. The summed E-state index contributed by atoms with van der Waals surface area (Å²) in [5, 5.41) is 3.01. The second-order valence-electron chi connectivity index (χ2n) is 4.68. The Hall–Kier alpha value is -2.63. The monoisotopic (exact) mass is 272 g/mol. The second-order valence-corrected chi connectivity index (χ2v) is 4.68. The molecule has 1 aliphatic rings. The van der Waals surface area contributed by atoms with E-state index in [1.54, 1.807) is 13.0 Å². The van der Waals surface area contributed by atoms with Crippen molar-refractivity contribution in [3.8, 4) is 0 Å². The van der Waals surface area contributed by atoms with Crippen molar-refractivity contribution in [2.45, 2.75) is 6.92 Å². The number of imide groups is 1. The van der Waals surface area contributed by atoms with Crippen LogP contribution in [0.5, 0.6) is 0 Å². The minimum absolute atomic E-state index is 0.138. The van der Waals surface area contributed by atoms with E-state index < -0.39 is 17.7 Å². The van der Waals surface area contributed by atoms with Crippen LogP contribution in [0.4, 0.5) is 0 Å². The first-order valence-electron chi connectivity index (χ1n) is 6.16. The largest absolute Gasteiger partial charge is 0.451 e. The Morgan fingerprint density at radius 2 is 1.85 bits per heavy atom. The number of benzene rings is 1. The van der Waals surface area contributed by atoms with Crippen LogP contribution in [0.15, 0.2) is 28.7 Å². The van der Waals surface area contributed by atoms with Crippen molar-refractivity contribution >= 4 is 28.7 Å². The van der Waals surface area contributed by atoms with Gasteiger partial charge in [-0.3, -0.25) is 19.7 Å². The normalized spacial score (nSPS) is 15.6. The number of rotatable bonds is 1. The predicted octanol–water partition coefficient (Wildman–Crippen LogP) is 0.840. The highest BCUT2D eigenvalue weighted by atomic mass is 16.3. The summed E-state index contributed by atoms with van der Waals surface area (Å²) in [6.07, 6.45) is 0. The van der Waals surface area contributed by atoms with Gasteiger partial charge in [-0.15, -0.1) is 0 Å². The van der Waals surface area contributed by atoms with Gasteiger partial charge in [0, 0.05) is 10.9 Å². The van der Waals surface area contributed by atoms with E-state index in [4.69, 9.17) is 4.42 Å². The van der Waals surface area contributed by atoms with Gasteiger partial charge < -0.3 is 9.32 Å². The van der Waals surface area contributed by atoms with Crippen LogP contribution in [0.25, 0.3) is 11.0 Å². The summed E-state index contributed by atoms with van der Waals surface area (Å²) in [4.78, 5) is 36.2. The lowest BCUT2D eigenvalue weighted by Crippen LogP contribution is -2.53. The number of piperazine rings is 1. The lowest BCUT2D eigenvalue weighted by molar-refractivity contribution is -0.135. The SMILES string of the molecule is Cc1c(C(=O)N2CC(=O)NC(=O)C2)oc2ccccc12. The summed E-state index contributed by atoms with van der Waals surface area (Å²) in [7, 11) is 0. The van der Waals surface area contributed by atoms with Gasteiger partial charge >= 0.3 is 0 Å². The van der Waals surface area contributed by atoms with Crippen LogP contribution < -0.4 is 5.32 Å². The average molecular weight is 272 g/mol. The number of carbonyl (C=O) groups excluding carboxylic acids is 3. The van der Waals surface area contributed by atoms with Crippen molar-refractivity contribution in [3.05, 3.63) is 35.6 Å². The van der Waals surface area contributed by atoms with Crippen molar-refractivity contribution in [1.82, 2.24) is 10.2 Å². The molecule has 20 heavy (non-hydrogen) atoms. The molecule has 0 atom stereocenters. The number of amides is 3. The number of furan rings is 1. The fourth-order valence-corrected chi connectivity index (χ4v) is 2.30. The van der Waals surface area contributed by atoms with Crippen molar-refractivity contribution in [3.63, 3.8) is 0 Å². The van der Waals surface area contributed by atoms with Crippen molar-refractivity contribution in [2.75, 3.05) is 13.1 Å². The topological polar surface area (TPSA) is 79.6 Å². The highest BCUT2D eigenvalue weighted by molar-refractivity contribution is 6.06. The van der Waals surface area contributed by atoms with Crippen molar-refractivity contribution in [1.29, 1.82) is 0 Å². The Kier molecular flexibility index (Phi) is 2.78. The zero-order valence-corrected chi connectivity index (χ0v) is 10.8. The summed E-state index contributed by atoms with van der Waals surface area (Å²) in [5.74, 6) is -1.23. The summed E-state index contributed by atoms with van der Waals surface area (Å²) < 4.78 is 5.55. The number of fused-ring (bicyclic) bond motifs is 1. The zero-order valence-electron chi connectivity index (χ0n) is 10.8. The van der Waals surface area contributed by atoms with Crippen LogP contribution >= 0.6 is 0 Å². The van der Waals surface area contributed by atoms with E-state index in [0.29, 0.717) is 11.1 Å². The van der Waals surface area contributed by atoms with Crippen LogP contribution in [-0.2, 0) is 9.59 Å². The molecule has 0 spiro atoms. The van der Waals surface area contributed by atoms with E-state index in [2.05, 4.69) is 5.32 Å². The van der Waals surface area contributed by atoms with Gasteiger partial charge in [0.25, 0.3) is 5.91 Å². The molecular formula is C14H12N2O4. The molecule has 1 aliphatic heterocycles. The Balaban J connectivity index is 1.98. The third-order valence-electron chi connectivity index (χ3n) is 3.27. The first-order valence-corrected chi connectivity index (χ1v) is 6.16. The number of aryl methyl sites for hydroxylation is 1. The van der Waals surface area contributed by atoms with Crippen LogP contribution in [0.2, 0.25) is 0 Å². The molecule has 6 nitrogen and oxygen atoms in total. The maximum atomic E-state index is 12.4. The van der Waals surface area contributed by atoms with Gasteiger partial charge in [0.05, 0.1) is 0 Å². The summed E-state index contributed by atoms with van der Waals surface area (Å²) in [6.45, 7) is 1.51. The molecule has 6 heteroatoms. The van der Waals surface area contributed by atoms with Gasteiger partial charge in [-0.1, -0.05) is 18.2 Å². The van der Waals surface area contributed by atoms with E-state index in [-0.39, 0.29) is 18.8 Å². The smallest absolute Gasteiger partial charge is 0.290 e. The Morgan fingerprint density at radius 1 is 1.20 bits per heavy atom. The average Bonchev–Trinajstić information content (AvgIpc) is 2.75. The first-order chi connectivity index (χ1) is 9.56. The van der Waals surface area contributed by atoms with E-state index in [1.165, 1.54) is 4.90 Å². The number of carbonyl (C=O) groups is 3. The minimum Gasteiger partial charge on any atom is -0.451 e. The van der Waals surface area contributed by atoms with Gasteiger partial charge in [-0.05, 0) is 13.0 Å². The molecule has 1 aromatic carbocycles.